The van der Waals surface area contributed by atoms with E-state index in [1.54, 1.807) is 6.08 Å². The summed E-state index contributed by atoms with van der Waals surface area (Å²) in [5.74, 6) is -0.839. The molecule has 0 saturated carbocycles. The topological polar surface area (TPSA) is 77.3 Å². The number of carbonyl (C=O) groups is 1. The molecule has 2 aliphatic heterocycles. The zero-order valence-electron chi connectivity index (χ0n) is 14.2. The molecular weight excluding hydrogens is 378 g/mol. The van der Waals surface area contributed by atoms with Gasteiger partial charge in [-0.25, -0.2) is 13.6 Å². The van der Waals surface area contributed by atoms with E-state index < -0.39 is 34.6 Å². The number of benzene rings is 1. The number of aromatic nitrogens is 3. The fraction of sp³-hybridized carbons (Fsp3) is 0.353. The molecule has 2 atom stereocenters. The third kappa shape index (κ3) is 3.61. The Kier molecular flexibility index (Phi) is 4.73. The molecule has 1 amide bonds. The van der Waals surface area contributed by atoms with Crippen LogP contribution in [0.3, 0.4) is 0 Å². The lowest BCUT2D eigenvalue weighted by Crippen LogP contribution is -2.26. The van der Waals surface area contributed by atoms with E-state index in [0.717, 1.165) is 12.1 Å². The van der Waals surface area contributed by atoms with Crippen molar-refractivity contribution in [3.63, 3.8) is 0 Å². The molecule has 1 fully saturated rings. The van der Waals surface area contributed by atoms with Crippen molar-refractivity contribution in [3.8, 4) is 0 Å². The van der Waals surface area contributed by atoms with Gasteiger partial charge >= 0.3 is 6.09 Å². The number of halogens is 2. The van der Waals surface area contributed by atoms with Crippen LogP contribution in [0.4, 0.5) is 19.3 Å². The Morgan fingerprint density at radius 3 is 2.56 bits per heavy atom. The molecule has 3 heterocycles. The van der Waals surface area contributed by atoms with Crippen molar-refractivity contribution < 1.29 is 22.5 Å². The van der Waals surface area contributed by atoms with Crippen LogP contribution in [0.2, 0.25) is 0 Å². The summed E-state index contributed by atoms with van der Waals surface area (Å²) in [6.07, 6.45) is 3.78. The van der Waals surface area contributed by atoms with Crippen LogP contribution in [0.25, 0.3) is 5.57 Å². The molecule has 0 bridgehead atoms. The number of cyclic esters (lactones) is 1. The quantitative estimate of drug-likeness (QED) is 0.794. The smallest absolute Gasteiger partial charge is 0.414 e. The molecule has 1 unspecified atom stereocenters. The Morgan fingerprint density at radius 2 is 1.93 bits per heavy atom. The largest absolute Gasteiger partial charge is 0.442 e. The number of amides is 1. The maximum Gasteiger partial charge on any atom is 0.414 e. The lowest BCUT2D eigenvalue weighted by atomic mass is 10.0. The highest BCUT2D eigenvalue weighted by Crippen LogP contribution is 2.32. The molecule has 2 aromatic rings. The van der Waals surface area contributed by atoms with Crippen LogP contribution in [0.1, 0.15) is 12.0 Å². The van der Waals surface area contributed by atoms with Crippen LogP contribution in [0.5, 0.6) is 0 Å². The third-order valence-electron chi connectivity index (χ3n) is 4.48. The molecule has 0 spiro atoms. The van der Waals surface area contributed by atoms with Crippen LogP contribution in [-0.4, -0.2) is 49.5 Å². The van der Waals surface area contributed by atoms with Crippen LogP contribution in [0.15, 0.2) is 30.6 Å². The molecular formula is C17H16F2N4O3S. The first-order valence-electron chi connectivity index (χ1n) is 8.37. The summed E-state index contributed by atoms with van der Waals surface area (Å²) in [6, 6.07) is 2.25. The van der Waals surface area contributed by atoms with E-state index in [2.05, 4.69) is 10.2 Å². The van der Waals surface area contributed by atoms with Crippen molar-refractivity contribution in [3.05, 3.63) is 47.8 Å². The van der Waals surface area contributed by atoms with Crippen LogP contribution >= 0.6 is 0 Å². The maximum absolute atomic E-state index is 14.6. The highest BCUT2D eigenvalue weighted by Gasteiger charge is 2.34. The van der Waals surface area contributed by atoms with E-state index in [9.17, 15) is 17.8 Å². The monoisotopic (exact) mass is 394 g/mol. The minimum absolute atomic E-state index is 0.0923. The molecule has 0 aliphatic carbocycles. The fourth-order valence-electron chi connectivity index (χ4n) is 3.20. The van der Waals surface area contributed by atoms with Crippen molar-refractivity contribution in [2.24, 2.45) is 0 Å². The summed E-state index contributed by atoms with van der Waals surface area (Å²) in [4.78, 5) is 14.7. The van der Waals surface area contributed by atoms with Gasteiger partial charge in [0.1, 0.15) is 17.7 Å². The van der Waals surface area contributed by atoms with E-state index in [0.29, 0.717) is 17.7 Å². The molecule has 27 heavy (non-hydrogen) atoms. The van der Waals surface area contributed by atoms with Crippen molar-refractivity contribution in [2.45, 2.75) is 19.1 Å². The summed E-state index contributed by atoms with van der Waals surface area (Å²) >= 11 is 0. The predicted molar refractivity (Wildman–Crippen MR) is 94.5 cm³/mol. The SMILES string of the molecule is O=C1O[C@@H](Cn2nccn2)CN1c1cc(F)c(C2=CCS(=O)CC2)c(F)c1. The van der Waals surface area contributed by atoms with Crippen LogP contribution < -0.4 is 4.90 Å². The molecule has 7 nitrogen and oxygen atoms in total. The van der Waals surface area contributed by atoms with Crippen molar-refractivity contribution >= 4 is 28.2 Å². The van der Waals surface area contributed by atoms with E-state index in [4.69, 9.17) is 4.74 Å². The van der Waals surface area contributed by atoms with Gasteiger partial charge in [-0.05, 0) is 24.1 Å². The number of rotatable bonds is 4. The molecule has 4 rings (SSSR count). The number of ether oxygens (including phenoxy) is 1. The highest BCUT2D eigenvalue weighted by molar-refractivity contribution is 7.85. The number of nitrogens with zero attached hydrogens (tertiary/aromatic N) is 4. The first-order chi connectivity index (χ1) is 13.0. The van der Waals surface area contributed by atoms with Gasteiger partial charge in [-0.15, -0.1) is 0 Å². The molecule has 1 aromatic heterocycles. The minimum atomic E-state index is -0.980. The van der Waals surface area contributed by atoms with E-state index in [1.807, 2.05) is 0 Å². The van der Waals surface area contributed by atoms with E-state index >= 15 is 0 Å². The highest BCUT2D eigenvalue weighted by atomic mass is 32.2. The number of hydrogen-bond donors (Lipinski definition) is 0. The van der Waals surface area contributed by atoms with E-state index in [-0.39, 0.29) is 30.1 Å². The Balaban J connectivity index is 1.56. The van der Waals surface area contributed by atoms with Crippen molar-refractivity contribution in [1.29, 1.82) is 0 Å². The van der Waals surface area contributed by atoms with Crippen molar-refractivity contribution in [1.82, 2.24) is 15.0 Å². The lowest BCUT2D eigenvalue weighted by molar-refractivity contribution is 0.126. The average Bonchev–Trinajstić information content (AvgIpc) is 3.26. The Labute approximate surface area is 156 Å². The lowest BCUT2D eigenvalue weighted by Gasteiger charge is -2.18. The van der Waals surface area contributed by atoms with Gasteiger partial charge in [0.25, 0.3) is 0 Å². The summed E-state index contributed by atoms with van der Waals surface area (Å²) in [5, 5.41) is 7.89. The second-order valence-electron chi connectivity index (χ2n) is 6.27. The number of carbonyl (C=O) groups excluding carboxylic acids is 1. The van der Waals surface area contributed by atoms with Gasteiger partial charge < -0.3 is 4.74 Å². The standard InChI is InChI=1S/C17H16F2N4O3S/c18-14-7-12(8-15(19)16(14)11-1-5-27(25)6-2-11)22-9-13(26-17(22)24)10-23-20-3-4-21-23/h1,3-4,7-8,13H,2,5-6,9-10H2/t13-,27?/m1/s1. The molecule has 2 aliphatic rings. The van der Waals surface area contributed by atoms with Gasteiger partial charge in [-0.3, -0.25) is 9.11 Å². The number of allylic oxidation sites excluding steroid dienone is 1. The van der Waals surface area contributed by atoms with Gasteiger partial charge in [0.2, 0.25) is 0 Å². The van der Waals surface area contributed by atoms with Crippen molar-refractivity contribution in [2.75, 3.05) is 23.0 Å². The summed E-state index contributed by atoms with van der Waals surface area (Å²) in [6.45, 7) is 0.391. The summed E-state index contributed by atoms with van der Waals surface area (Å²) < 4.78 is 45.9. The predicted octanol–water partition coefficient (Wildman–Crippen LogP) is 2.12. The van der Waals surface area contributed by atoms with Gasteiger partial charge in [-0.2, -0.15) is 15.0 Å². The third-order valence-corrected chi connectivity index (χ3v) is 5.68. The molecule has 0 radical (unpaired) electrons. The first-order valence-corrected chi connectivity index (χ1v) is 9.86. The number of anilines is 1. The van der Waals surface area contributed by atoms with E-state index in [1.165, 1.54) is 22.1 Å². The second kappa shape index (κ2) is 7.18. The average molecular weight is 394 g/mol. The van der Waals surface area contributed by atoms with Gasteiger partial charge in [0.05, 0.1) is 31.2 Å². The zero-order chi connectivity index (χ0) is 19.0. The maximum atomic E-state index is 14.6. The summed E-state index contributed by atoms with van der Waals surface area (Å²) in [7, 11) is -0.980. The first kappa shape index (κ1) is 17.8. The fourth-order valence-corrected chi connectivity index (χ4v) is 4.20. The Hall–Kier alpha value is -2.62. The van der Waals surface area contributed by atoms with Gasteiger partial charge in [0.15, 0.2) is 0 Å². The van der Waals surface area contributed by atoms with Gasteiger partial charge in [-0.1, -0.05) is 6.08 Å². The minimum Gasteiger partial charge on any atom is -0.442 e. The molecule has 1 aromatic carbocycles. The zero-order valence-corrected chi connectivity index (χ0v) is 15.0. The van der Waals surface area contributed by atoms with Crippen LogP contribution in [-0.2, 0) is 22.1 Å². The number of hydrogen-bond acceptors (Lipinski definition) is 5. The second-order valence-corrected chi connectivity index (χ2v) is 7.90. The molecule has 1 saturated heterocycles. The van der Waals surface area contributed by atoms with Gasteiger partial charge in [0, 0.05) is 27.9 Å². The normalized spacial score (nSPS) is 22.7. The molecule has 142 valence electrons. The summed E-state index contributed by atoms with van der Waals surface area (Å²) in [5.41, 5.74) is 0.470. The molecule has 0 N–H and O–H groups in total. The van der Waals surface area contributed by atoms with Crippen LogP contribution in [0, 0.1) is 11.6 Å². The Morgan fingerprint density at radius 1 is 1.22 bits per heavy atom. The molecule has 10 heteroatoms. The Bertz CT molecular complexity index is 909.